The summed E-state index contributed by atoms with van der Waals surface area (Å²) in [6.45, 7) is 2.81. The van der Waals surface area contributed by atoms with Gasteiger partial charge in [0.05, 0.1) is 53.6 Å². The first-order valence-electron chi connectivity index (χ1n) is 17.2. The molecule has 0 radical (unpaired) electrons. The lowest BCUT2D eigenvalue weighted by Crippen LogP contribution is -2.47. The SMILES string of the molecule is CO[C@@H]1CN(C)C(=O)[C@@H]2C[C@@H](CN2c2ncnc3c2cnn3-c2ccc(F)cc2OC2CC2)Oc2cccc(n2)-c2cc(F)cc3nc(C)n(c23)C1. The van der Waals surface area contributed by atoms with Gasteiger partial charge >= 0.3 is 0 Å². The van der Waals surface area contributed by atoms with Crippen molar-refractivity contribution < 1.29 is 27.8 Å². The maximum atomic E-state index is 15.0. The fraction of sp³-hybridized carbons (Fsp3) is 0.351. The molecular weight excluding hydrogens is 672 g/mol. The van der Waals surface area contributed by atoms with Crippen LogP contribution in [0.25, 0.3) is 39.0 Å². The van der Waals surface area contributed by atoms with E-state index < -0.39 is 29.9 Å². The van der Waals surface area contributed by atoms with Gasteiger partial charge in [-0.1, -0.05) is 6.07 Å². The Bertz CT molecular complexity index is 2360. The van der Waals surface area contributed by atoms with Crippen LogP contribution in [0.15, 0.2) is 61.1 Å². The summed E-state index contributed by atoms with van der Waals surface area (Å²) < 4.78 is 51.3. The monoisotopic (exact) mass is 707 g/mol. The van der Waals surface area contributed by atoms with Gasteiger partial charge in [0.1, 0.15) is 53.2 Å². The molecule has 2 aliphatic heterocycles. The number of likely N-dealkylation sites (N-methyl/N-ethyl adjacent to an activating group) is 1. The largest absolute Gasteiger partial charge is 0.488 e. The van der Waals surface area contributed by atoms with Crippen molar-refractivity contribution in [2.45, 2.75) is 57.1 Å². The van der Waals surface area contributed by atoms with Crippen molar-refractivity contribution in [1.29, 1.82) is 0 Å². The summed E-state index contributed by atoms with van der Waals surface area (Å²) in [6, 6.07) is 11.9. The zero-order valence-electron chi connectivity index (χ0n) is 28.7. The Morgan fingerprint density at radius 2 is 1.83 bits per heavy atom. The van der Waals surface area contributed by atoms with Crippen LogP contribution in [0.1, 0.15) is 25.1 Å². The lowest BCUT2D eigenvalue weighted by Gasteiger charge is -2.30. The predicted molar refractivity (Wildman–Crippen MR) is 187 cm³/mol. The number of fused-ring (bicyclic) bond motifs is 6. The number of ether oxygens (including phenoxy) is 3. The Hall–Kier alpha value is -5.70. The molecule has 15 heteroatoms. The van der Waals surface area contributed by atoms with Gasteiger partial charge in [-0.05, 0) is 44.0 Å². The zero-order chi connectivity index (χ0) is 35.7. The van der Waals surface area contributed by atoms with Crippen LogP contribution in [0.2, 0.25) is 0 Å². The number of methoxy groups -OCH3 is 1. The highest BCUT2D eigenvalue weighted by atomic mass is 19.1. The second-order valence-electron chi connectivity index (χ2n) is 13.6. The van der Waals surface area contributed by atoms with E-state index in [2.05, 4.69) is 20.1 Å². The highest BCUT2D eigenvalue weighted by Gasteiger charge is 2.42. The summed E-state index contributed by atoms with van der Waals surface area (Å²) >= 11 is 0. The second-order valence-corrected chi connectivity index (χ2v) is 13.6. The Morgan fingerprint density at radius 1 is 0.962 bits per heavy atom. The van der Waals surface area contributed by atoms with Gasteiger partial charge in [0.15, 0.2) is 5.65 Å². The van der Waals surface area contributed by atoms with E-state index in [1.807, 2.05) is 28.5 Å². The normalized spacial score (nSPS) is 20.6. The zero-order valence-corrected chi connectivity index (χ0v) is 28.7. The summed E-state index contributed by atoms with van der Waals surface area (Å²) in [6.07, 6.45) is 4.42. The second kappa shape index (κ2) is 12.5. The molecule has 3 atom stereocenters. The molecule has 0 unspecified atom stereocenters. The molecule has 2 fully saturated rings. The highest BCUT2D eigenvalue weighted by molar-refractivity contribution is 5.93. The van der Waals surface area contributed by atoms with Gasteiger partial charge in [0, 0.05) is 50.9 Å². The number of nitrogens with zero attached hydrogens (tertiary/aromatic N) is 9. The maximum absolute atomic E-state index is 15.0. The number of imidazole rings is 1. The van der Waals surface area contributed by atoms with Gasteiger partial charge in [0.2, 0.25) is 11.8 Å². The predicted octanol–water partition coefficient (Wildman–Crippen LogP) is 4.87. The van der Waals surface area contributed by atoms with Gasteiger partial charge in [0.25, 0.3) is 0 Å². The van der Waals surface area contributed by atoms with E-state index in [1.54, 1.807) is 42.1 Å². The van der Waals surface area contributed by atoms with E-state index in [0.717, 1.165) is 18.4 Å². The summed E-state index contributed by atoms with van der Waals surface area (Å²) in [5.74, 6) is 0.932. The fourth-order valence-electron chi connectivity index (χ4n) is 7.34. The molecule has 52 heavy (non-hydrogen) atoms. The number of carbonyl (C=O) groups excluding carboxylic acids is 1. The first-order chi connectivity index (χ1) is 25.2. The summed E-state index contributed by atoms with van der Waals surface area (Å²) in [4.78, 5) is 36.7. The van der Waals surface area contributed by atoms with Crippen molar-refractivity contribution >= 4 is 33.8 Å². The van der Waals surface area contributed by atoms with E-state index in [9.17, 15) is 13.6 Å². The van der Waals surface area contributed by atoms with Crippen molar-refractivity contribution in [3.63, 3.8) is 0 Å². The third-order valence-electron chi connectivity index (χ3n) is 9.99. The molecule has 6 heterocycles. The molecule has 1 aliphatic carbocycles. The van der Waals surface area contributed by atoms with Crippen molar-refractivity contribution in [2.24, 2.45) is 0 Å². The van der Waals surface area contributed by atoms with Crippen molar-refractivity contribution in [3.8, 4) is 28.6 Å². The molecular formula is C37H35F2N9O4. The van der Waals surface area contributed by atoms with Crippen molar-refractivity contribution in [2.75, 3.05) is 32.1 Å². The van der Waals surface area contributed by atoms with E-state index in [-0.39, 0.29) is 18.6 Å². The highest BCUT2D eigenvalue weighted by Crippen LogP contribution is 2.37. The molecule has 4 bridgehead atoms. The first kappa shape index (κ1) is 32.2. The molecule has 4 aromatic heterocycles. The number of aromatic nitrogens is 7. The van der Waals surface area contributed by atoms with E-state index >= 15 is 0 Å². The lowest BCUT2D eigenvalue weighted by molar-refractivity contribution is -0.133. The number of pyridine rings is 1. The van der Waals surface area contributed by atoms with Gasteiger partial charge < -0.3 is 28.6 Å². The molecule has 9 rings (SSSR count). The molecule has 0 spiro atoms. The van der Waals surface area contributed by atoms with Gasteiger partial charge in [-0.3, -0.25) is 4.79 Å². The van der Waals surface area contributed by atoms with Crippen LogP contribution in [-0.4, -0.2) is 96.7 Å². The summed E-state index contributed by atoms with van der Waals surface area (Å²) in [7, 11) is 3.37. The number of halogens is 2. The van der Waals surface area contributed by atoms with E-state index in [1.165, 1.54) is 30.6 Å². The molecule has 6 aromatic rings. The molecule has 266 valence electrons. The third kappa shape index (κ3) is 5.64. The minimum absolute atomic E-state index is 0.0423. The standard InChI is InChI=1S/C37H35F2N9O4/c1-20-43-29-12-22(39)11-26-28-5-4-6-33(44-28)52-24-14-31(37(49)45(2)16-25(50-3)18-46(20)34(26)29)47(17-24)35-27-15-42-48(36(27)41-19-40-35)30-10-7-21(38)13-32(30)51-23-8-9-23/h4-7,10-13,15,19,23-25,31H,8-9,14,16-18H2,1-3H3/t24-,25+,31-/m0/s1. The van der Waals surface area contributed by atoms with Crippen LogP contribution >= 0.6 is 0 Å². The molecule has 0 N–H and O–H groups in total. The van der Waals surface area contributed by atoms with E-state index in [4.69, 9.17) is 19.2 Å². The quantitative estimate of drug-likeness (QED) is 0.245. The number of aryl methyl sites for hydroxylation is 1. The Morgan fingerprint density at radius 3 is 2.65 bits per heavy atom. The smallest absolute Gasteiger partial charge is 0.245 e. The Balaban J connectivity index is 1.12. The van der Waals surface area contributed by atoms with Crippen LogP contribution in [0.5, 0.6) is 11.6 Å². The van der Waals surface area contributed by atoms with Crippen LogP contribution in [0, 0.1) is 18.6 Å². The van der Waals surface area contributed by atoms with Crippen LogP contribution in [0.3, 0.4) is 0 Å². The summed E-state index contributed by atoms with van der Waals surface area (Å²) in [5.41, 5.74) is 3.36. The average molecular weight is 708 g/mol. The Labute approximate surface area is 296 Å². The van der Waals surface area contributed by atoms with Crippen molar-refractivity contribution in [3.05, 3.63) is 78.5 Å². The average Bonchev–Trinajstić information content (AvgIpc) is 3.54. The minimum atomic E-state index is -0.658. The van der Waals surface area contributed by atoms with Gasteiger partial charge in [-0.25, -0.2) is 33.4 Å². The molecule has 2 aromatic carbocycles. The van der Waals surface area contributed by atoms with Crippen molar-refractivity contribution in [1.82, 2.24) is 39.2 Å². The third-order valence-corrected chi connectivity index (χ3v) is 9.99. The minimum Gasteiger partial charge on any atom is -0.488 e. The number of benzene rings is 2. The van der Waals surface area contributed by atoms with Gasteiger partial charge in [-0.2, -0.15) is 5.10 Å². The fourth-order valence-corrected chi connectivity index (χ4v) is 7.34. The number of carbonyl (C=O) groups is 1. The number of hydrogen-bond acceptors (Lipinski definition) is 10. The lowest BCUT2D eigenvalue weighted by atomic mass is 10.1. The molecule has 3 aliphatic rings. The summed E-state index contributed by atoms with van der Waals surface area (Å²) in [5, 5.41) is 5.24. The molecule has 1 saturated carbocycles. The van der Waals surface area contributed by atoms with E-state index in [0.29, 0.717) is 76.3 Å². The number of hydrogen-bond donors (Lipinski definition) is 0. The van der Waals surface area contributed by atoms with Gasteiger partial charge in [-0.15, -0.1) is 0 Å². The first-order valence-corrected chi connectivity index (χ1v) is 17.2. The van der Waals surface area contributed by atoms with Crippen LogP contribution < -0.4 is 14.4 Å². The number of anilines is 1. The number of amides is 1. The van der Waals surface area contributed by atoms with Crippen LogP contribution in [-0.2, 0) is 16.1 Å². The number of rotatable bonds is 5. The molecule has 1 amide bonds. The topological polar surface area (TPSA) is 126 Å². The maximum Gasteiger partial charge on any atom is 0.245 e. The molecule has 13 nitrogen and oxygen atoms in total. The molecule has 1 saturated heterocycles. The van der Waals surface area contributed by atoms with Crippen LogP contribution in [0.4, 0.5) is 14.6 Å². The Kier molecular flexibility index (Phi) is 7.75.